The van der Waals surface area contributed by atoms with Crippen LogP contribution in [0.1, 0.15) is 37.5 Å². The summed E-state index contributed by atoms with van der Waals surface area (Å²) in [6.45, 7) is 2.47. The minimum absolute atomic E-state index is 0.717. The first-order chi connectivity index (χ1) is 9.34. The van der Waals surface area contributed by atoms with E-state index in [9.17, 15) is 0 Å². The fraction of sp³-hybridized carbons (Fsp3) is 0.556. The van der Waals surface area contributed by atoms with Crippen molar-refractivity contribution < 1.29 is 0 Å². The van der Waals surface area contributed by atoms with E-state index >= 15 is 0 Å². The average Bonchev–Trinajstić information content (AvgIpc) is 2.93. The number of allylic oxidation sites excluding steroid dienone is 4. The Hall–Kier alpha value is -0.820. The van der Waals surface area contributed by atoms with E-state index in [2.05, 4.69) is 48.7 Å². The summed E-state index contributed by atoms with van der Waals surface area (Å²) in [6.07, 6.45) is 16.5. The van der Waals surface area contributed by atoms with E-state index in [4.69, 9.17) is 0 Å². The van der Waals surface area contributed by atoms with Crippen molar-refractivity contribution in [3.63, 3.8) is 0 Å². The number of thiophene rings is 1. The quantitative estimate of drug-likeness (QED) is 0.684. The van der Waals surface area contributed by atoms with E-state index in [1.807, 2.05) is 11.3 Å². The van der Waals surface area contributed by atoms with Crippen LogP contribution in [0.15, 0.2) is 41.8 Å². The maximum atomic E-state index is 2.49. The molecule has 4 atom stereocenters. The fourth-order valence-electron chi connectivity index (χ4n) is 3.91. The lowest BCUT2D eigenvalue weighted by atomic mass is 9.67. The third-order valence-corrected chi connectivity index (χ3v) is 5.89. The molecule has 19 heavy (non-hydrogen) atoms. The van der Waals surface area contributed by atoms with Crippen LogP contribution in [0, 0.1) is 23.7 Å². The van der Waals surface area contributed by atoms with Crippen LogP contribution in [0.4, 0.5) is 0 Å². The summed E-state index contributed by atoms with van der Waals surface area (Å²) in [4.78, 5) is 1.54. The summed E-state index contributed by atoms with van der Waals surface area (Å²) in [5.41, 5.74) is 0. The molecule has 0 bridgehead atoms. The summed E-state index contributed by atoms with van der Waals surface area (Å²) < 4.78 is 0. The van der Waals surface area contributed by atoms with Gasteiger partial charge in [0, 0.05) is 4.88 Å². The largest absolute Gasteiger partial charge is 0.149 e. The maximum Gasteiger partial charge on any atom is 0.00512 e. The normalized spacial score (nSPS) is 34.6. The van der Waals surface area contributed by atoms with Crippen molar-refractivity contribution in [1.82, 2.24) is 0 Å². The van der Waals surface area contributed by atoms with Crippen LogP contribution in [0.3, 0.4) is 0 Å². The second-order valence-electron chi connectivity index (χ2n) is 6.22. The monoisotopic (exact) mass is 272 g/mol. The van der Waals surface area contributed by atoms with Gasteiger partial charge in [-0.1, -0.05) is 56.6 Å². The summed E-state index contributed by atoms with van der Waals surface area (Å²) in [5.74, 6) is 3.29. The second kappa shape index (κ2) is 6.09. The summed E-state index contributed by atoms with van der Waals surface area (Å²) >= 11 is 1.91. The minimum Gasteiger partial charge on any atom is -0.149 e. The Labute approximate surface area is 121 Å². The van der Waals surface area contributed by atoms with E-state index in [1.54, 1.807) is 4.88 Å². The molecule has 2 unspecified atom stereocenters. The summed E-state index contributed by atoms with van der Waals surface area (Å²) in [6, 6.07) is 4.47. The predicted molar refractivity (Wildman–Crippen MR) is 84.4 cm³/mol. The zero-order chi connectivity index (χ0) is 13.1. The molecule has 1 aromatic heterocycles. The summed E-state index contributed by atoms with van der Waals surface area (Å²) in [5, 5.41) is 2.20. The van der Waals surface area contributed by atoms with Crippen LogP contribution in [-0.4, -0.2) is 0 Å². The zero-order valence-electron chi connectivity index (χ0n) is 11.8. The standard InChI is InChI=1S/C18H24S/c1-14-7-2-4-10-17(14)18-11-5-3-8-15(18)13-16-9-6-12-19-16/h3,5-6,8-9,11-12,14-15,17-18H,2,4,7,10,13H2,1H3/t14-,15?,17-,18?/m0/s1. The highest BCUT2D eigenvalue weighted by atomic mass is 32.1. The van der Waals surface area contributed by atoms with Gasteiger partial charge in [-0.2, -0.15) is 0 Å². The predicted octanol–water partition coefficient (Wildman–Crippen LogP) is 5.48. The van der Waals surface area contributed by atoms with Gasteiger partial charge < -0.3 is 0 Å². The molecule has 1 fully saturated rings. The Morgan fingerprint density at radius 2 is 2.00 bits per heavy atom. The molecule has 102 valence electrons. The van der Waals surface area contributed by atoms with Gasteiger partial charge in [-0.3, -0.25) is 0 Å². The molecule has 1 saturated carbocycles. The van der Waals surface area contributed by atoms with Crippen LogP contribution in [-0.2, 0) is 6.42 Å². The van der Waals surface area contributed by atoms with E-state index in [-0.39, 0.29) is 0 Å². The van der Waals surface area contributed by atoms with Crippen molar-refractivity contribution in [2.75, 3.05) is 0 Å². The van der Waals surface area contributed by atoms with Crippen LogP contribution in [0.25, 0.3) is 0 Å². The molecule has 1 heterocycles. The minimum atomic E-state index is 0.717. The lowest BCUT2D eigenvalue weighted by Gasteiger charge is -2.38. The van der Waals surface area contributed by atoms with Crippen molar-refractivity contribution in [3.8, 4) is 0 Å². The van der Waals surface area contributed by atoms with Gasteiger partial charge in [0.25, 0.3) is 0 Å². The highest BCUT2D eigenvalue weighted by Crippen LogP contribution is 2.41. The molecule has 2 aliphatic rings. The van der Waals surface area contributed by atoms with E-state index in [0.717, 1.165) is 17.8 Å². The first kappa shape index (κ1) is 13.2. The van der Waals surface area contributed by atoms with Crippen molar-refractivity contribution in [1.29, 1.82) is 0 Å². The molecule has 0 nitrogen and oxygen atoms in total. The molecule has 0 spiro atoms. The van der Waals surface area contributed by atoms with Gasteiger partial charge in [0.05, 0.1) is 0 Å². The number of hydrogen-bond acceptors (Lipinski definition) is 1. The Morgan fingerprint density at radius 1 is 1.16 bits per heavy atom. The molecular weight excluding hydrogens is 248 g/mol. The van der Waals surface area contributed by atoms with Crippen LogP contribution in [0.5, 0.6) is 0 Å². The lowest BCUT2D eigenvalue weighted by molar-refractivity contribution is 0.172. The van der Waals surface area contributed by atoms with Crippen LogP contribution in [0.2, 0.25) is 0 Å². The van der Waals surface area contributed by atoms with Crippen molar-refractivity contribution in [2.24, 2.45) is 23.7 Å². The average molecular weight is 272 g/mol. The fourth-order valence-corrected chi connectivity index (χ4v) is 4.69. The van der Waals surface area contributed by atoms with Crippen molar-refractivity contribution in [3.05, 3.63) is 46.7 Å². The zero-order valence-corrected chi connectivity index (χ0v) is 12.6. The number of rotatable bonds is 3. The molecule has 0 radical (unpaired) electrons. The van der Waals surface area contributed by atoms with Gasteiger partial charge in [-0.05, 0) is 48.0 Å². The molecule has 0 saturated heterocycles. The van der Waals surface area contributed by atoms with E-state index in [1.165, 1.54) is 32.1 Å². The lowest BCUT2D eigenvalue weighted by Crippen LogP contribution is -2.30. The molecule has 1 heteroatoms. The Kier molecular flexibility index (Phi) is 4.22. The van der Waals surface area contributed by atoms with Gasteiger partial charge >= 0.3 is 0 Å². The van der Waals surface area contributed by atoms with Crippen LogP contribution >= 0.6 is 11.3 Å². The first-order valence-corrected chi connectivity index (χ1v) is 8.60. The topological polar surface area (TPSA) is 0 Å². The van der Waals surface area contributed by atoms with Gasteiger partial charge in [0.2, 0.25) is 0 Å². The molecule has 0 aromatic carbocycles. The molecule has 0 N–H and O–H groups in total. The second-order valence-corrected chi connectivity index (χ2v) is 7.25. The molecule has 2 aliphatic carbocycles. The van der Waals surface area contributed by atoms with E-state index < -0.39 is 0 Å². The third kappa shape index (κ3) is 3.02. The van der Waals surface area contributed by atoms with Gasteiger partial charge in [0.1, 0.15) is 0 Å². The summed E-state index contributed by atoms with van der Waals surface area (Å²) in [7, 11) is 0. The van der Waals surface area contributed by atoms with Crippen molar-refractivity contribution in [2.45, 2.75) is 39.0 Å². The Balaban J connectivity index is 1.74. The Morgan fingerprint density at radius 3 is 2.79 bits per heavy atom. The molecule has 3 rings (SSSR count). The van der Waals surface area contributed by atoms with Crippen LogP contribution < -0.4 is 0 Å². The molecular formula is C18H24S. The van der Waals surface area contributed by atoms with Gasteiger partial charge in [0.15, 0.2) is 0 Å². The Bertz CT molecular complexity index is 440. The molecule has 0 aliphatic heterocycles. The highest BCUT2D eigenvalue weighted by molar-refractivity contribution is 7.09. The highest BCUT2D eigenvalue weighted by Gasteiger charge is 2.32. The van der Waals surface area contributed by atoms with Crippen molar-refractivity contribution >= 4 is 11.3 Å². The van der Waals surface area contributed by atoms with E-state index in [0.29, 0.717) is 5.92 Å². The molecule has 0 amide bonds. The smallest absolute Gasteiger partial charge is 0.00512 e. The van der Waals surface area contributed by atoms with Gasteiger partial charge in [-0.25, -0.2) is 0 Å². The SMILES string of the molecule is C[C@H]1CCCC[C@@H]1C1C=CC=CC1Cc1cccs1. The molecule has 1 aromatic rings. The first-order valence-electron chi connectivity index (χ1n) is 7.72. The third-order valence-electron chi connectivity index (χ3n) is 4.99. The number of hydrogen-bond donors (Lipinski definition) is 0. The van der Waals surface area contributed by atoms with Gasteiger partial charge in [-0.15, -0.1) is 11.3 Å². The maximum absolute atomic E-state index is 2.49.